The van der Waals surface area contributed by atoms with Crippen LogP contribution in [0.1, 0.15) is 31.2 Å². The minimum absolute atomic E-state index is 0. The van der Waals surface area contributed by atoms with Crippen LogP contribution in [-0.4, -0.2) is 27.4 Å². The van der Waals surface area contributed by atoms with Gasteiger partial charge in [-0.3, -0.25) is 4.72 Å². The average Bonchev–Trinajstić information content (AvgIpc) is 2.41. The fourth-order valence-corrected chi connectivity index (χ4v) is 3.00. The summed E-state index contributed by atoms with van der Waals surface area (Å²) in [5, 5.41) is 0. The molecule has 1 heterocycles. The first kappa shape index (κ1) is 18.5. The van der Waals surface area contributed by atoms with E-state index in [0.29, 0.717) is 23.6 Å². The van der Waals surface area contributed by atoms with Gasteiger partial charge in [-0.25, -0.2) is 0 Å². The molecular formula is C13H21ClN4O3S. The van der Waals surface area contributed by atoms with Crippen molar-refractivity contribution < 1.29 is 31.3 Å². The zero-order chi connectivity index (χ0) is 15.3. The van der Waals surface area contributed by atoms with Gasteiger partial charge in [-0.1, -0.05) is 6.07 Å². The van der Waals surface area contributed by atoms with Gasteiger partial charge in [-0.2, -0.15) is 8.42 Å². The zero-order valence-corrected chi connectivity index (χ0v) is 13.8. The van der Waals surface area contributed by atoms with E-state index in [1.807, 2.05) is 0 Å². The molecular weight excluding hydrogens is 328 g/mol. The van der Waals surface area contributed by atoms with Crippen molar-refractivity contribution >= 4 is 21.7 Å². The third-order valence-electron chi connectivity index (χ3n) is 3.14. The Labute approximate surface area is 136 Å². The highest BCUT2D eigenvalue weighted by Gasteiger charge is 2.24. The molecule has 2 rings (SSSR count). The summed E-state index contributed by atoms with van der Waals surface area (Å²) in [5.41, 5.74) is 10.4. The Morgan fingerprint density at radius 2 is 1.95 bits per heavy atom. The standard InChI is InChI=1S/C13H20N4O3S.ClH/c14-8-3-1-2-4-9-20-11-7-5-6-10-12(11)13(15)17-21(18,19)16-10;/h5-7,16H,1-4,8-9,14H2,(H2,15,17);1H. The largest absolute Gasteiger partial charge is 1.00 e. The molecule has 1 aliphatic heterocycles. The van der Waals surface area contributed by atoms with E-state index in [-0.39, 0.29) is 18.2 Å². The van der Waals surface area contributed by atoms with Crippen molar-refractivity contribution in [3.8, 4) is 5.75 Å². The van der Waals surface area contributed by atoms with Crippen molar-refractivity contribution in [1.82, 2.24) is 0 Å². The van der Waals surface area contributed by atoms with Crippen LogP contribution in [0.5, 0.6) is 5.75 Å². The molecule has 0 saturated carbocycles. The zero-order valence-electron chi connectivity index (χ0n) is 12.2. The van der Waals surface area contributed by atoms with E-state index in [1.54, 1.807) is 18.2 Å². The number of nitrogens with two attached hydrogens (primary N) is 1. The van der Waals surface area contributed by atoms with E-state index >= 15 is 0 Å². The summed E-state index contributed by atoms with van der Waals surface area (Å²) in [6, 6.07) is 5.12. The number of ether oxygens (including phenoxy) is 1. The Hall–Kier alpha value is -1.51. The Morgan fingerprint density at radius 3 is 2.68 bits per heavy atom. The van der Waals surface area contributed by atoms with Crippen molar-refractivity contribution in [2.75, 3.05) is 17.9 Å². The van der Waals surface area contributed by atoms with E-state index in [0.717, 1.165) is 32.2 Å². The number of rotatable bonds is 7. The number of nitrogens with one attached hydrogen (secondary N) is 1. The van der Waals surface area contributed by atoms with Gasteiger partial charge in [-0.05, 0) is 37.8 Å². The average molecular weight is 349 g/mol. The van der Waals surface area contributed by atoms with Gasteiger partial charge in [0.2, 0.25) is 0 Å². The molecule has 9 heteroatoms. The maximum absolute atomic E-state index is 11.5. The lowest BCUT2D eigenvalue weighted by Crippen LogP contribution is -3.00. The monoisotopic (exact) mass is 348 g/mol. The minimum Gasteiger partial charge on any atom is -1.00 e. The highest BCUT2D eigenvalue weighted by Crippen LogP contribution is 2.30. The Balaban J connectivity index is 0.00000242. The van der Waals surface area contributed by atoms with Crippen LogP contribution in [-0.2, 0) is 10.2 Å². The lowest BCUT2D eigenvalue weighted by atomic mass is 10.1. The molecule has 0 atom stereocenters. The van der Waals surface area contributed by atoms with Crippen molar-refractivity contribution in [3.63, 3.8) is 0 Å². The number of halogens is 1. The number of benzene rings is 1. The molecule has 7 nitrogen and oxygen atoms in total. The summed E-state index contributed by atoms with van der Waals surface area (Å²) in [7, 11) is -3.75. The predicted molar refractivity (Wildman–Crippen MR) is 81.4 cm³/mol. The van der Waals surface area contributed by atoms with Crippen molar-refractivity contribution in [1.29, 1.82) is 0 Å². The van der Waals surface area contributed by atoms with Crippen molar-refractivity contribution in [2.45, 2.75) is 25.7 Å². The molecule has 1 aliphatic rings. The second-order valence-electron chi connectivity index (χ2n) is 4.85. The molecule has 0 aromatic heterocycles. The molecule has 0 saturated heterocycles. The van der Waals surface area contributed by atoms with Gasteiger partial charge in [0.15, 0.2) is 5.84 Å². The number of anilines is 1. The van der Waals surface area contributed by atoms with Crippen molar-refractivity contribution in [3.05, 3.63) is 23.8 Å². The molecule has 0 spiro atoms. The summed E-state index contributed by atoms with van der Waals surface area (Å²) in [5.74, 6) is 0.504. The van der Waals surface area contributed by atoms with Crippen LogP contribution < -0.4 is 33.3 Å². The number of hydrogen-bond acceptors (Lipinski definition) is 4. The number of fused-ring (bicyclic) bond motifs is 1. The predicted octanol–water partition coefficient (Wildman–Crippen LogP) is -2.75. The minimum atomic E-state index is -3.75. The van der Waals surface area contributed by atoms with Gasteiger partial charge >= 0.3 is 10.2 Å². The Morgan fingerprint density at radius 1 is 1.23 bits per heavy atom. The molecule has 1 aromatic rings. The summed E-state index contributed by atoms with van der Waals surface area (Å²) in [4.78, 5) is 0. The molecule has 1 aromatic carbocycles. The summed E-state index contributed by atoms with van der Waals surface area (Å²) in [6.45, 7) is 1.52. The number of unbranched alkanes of at least 4 members (excludes halogenated alkanes) is 3. The first-order chi connectivity index (χ1) is 10.0. The van der Waals surface area contributed by atoms with E-state index < -0.39 is 10.2 Å². The summed E-state index contributed by atoms with van der Waals surface area (Å²) < 4.78 is 34.5. The van der Waals surface area contributed by atoms with Gasteiger partial charge in [0.1, 0.15) is 5.75 Å². The van der Waals surface area contributed by atoms with Gasteiger partial charge in [0.05, 0.1) is 24.4 Å². The Bertz CT molecular complexity index is 634. The van der Waals surface area contributed by atoms with E-state index in [4.69, 9.17) is 10.5 Å². The summed E-state index contributed by atoms with van der Waals surface area (Å²) in [6.07, 6.45) is 4.29. The molecule has 22 heavy (non-hydrogen) atoms. The molecule has 6 N–H and O–H groups in total. The van der Waals surface area contributed by atoms with Crippen LogP contribution in [0.2, 0.25) is 0 Å². The van der Waals surface area contributed by atoms with E-state index in [1.165, 1.54) is 0 Å². The number of quaternary nitrogens is 1. The van der Waals surface area contributed by atoms with Crippen LogP contribution >= 0.6 is 0 Å². The van der Waals surface area contributed by atoms with Gasteiger partial charge in [-0.15, -0.1) is 4.40 Å². The molecule has 0 fully saturated rings. The van der Waals surface area contributed by atoms with Gasteiger partial charge in [0.25, 0.3) is 0 Å². The van der Waals surface area contributed by atoms with E-state index in [2.05, 4.69) is 14.9 Å². The fraction of sp³-hybridized carbons (Fsp3) is 0.462. The normalized spacial score (nSPS) is 15.0. The second kappa shape index (κ2) is 8.21. The molecule has 0 bridgehead atoms. The second-order valence-corrected chi connectivity index (χ2v) is 6.19. The van der Waals surface area contributed by atoms with Gasteiger partial charge in [0, 0.05) is 0 Å². The first-order valence-electron chi connectivity index (χ1n) is 6.97. The third-order valence-corrected chi connectivity index (χ3v) is 4.06. The molecule has 124 valence electrons. The van der Waals surface area contributed by atoms with Crippen LogP contribution in [0.15, 0.2) is 22.6 Å². The number of hydrogen-bond donors (Lipinski definition) is 3. The van der Waals surface area contributed by atoms with Crippen LogP contribution in [0.4, 0.5) is 5.69 Å². The molecule has 0 unspecified atom stereocenters. The quantitative estimate of drug-likeness (QED) is 0.462. The lowest BCUT2D eigenvalue weighted by Gasteiger charge is -2.19. The molecule has 0 radical (unpaired) electrons. The summed E-state index contributed by atoms with van der Waals surface area (Å²) >= 11 is 0. The van der Waals surface area contributed by atoms with Gasteiger partial charge < -0.3 is 28.6 Å². The number of nitrogens with zero attached hydrogens (tertiary/aromatic N) is 1. The topological polar surface area (TPSA) is 121 Å². The first-order valence-corrected chi connectivity index (χ1v) is 8.41. The Kier molecular flexibility index (Phi) is 6.92. The lowest BCUT2D eigenvalue weighted by molar-refractivity contribution is -0.368. The molecule has 0 amide bonds. The fourth-order valence-electron chi connectivity index (χ4n) is 2.15. The highest BCUT2D eigenvalue weighted by molar-refractivity contribution is 7.91. The molecule has 0 aliphatic carbocycles. The smallest absolute Gasteiger partial charge is 0.344 e. The highest BCUT2D eigenvalue weighted by atomic mass is 35.5. The van der Waals surface area contributed by atoms with Crippen LogP contribution in [0, 0.1) is 0 Å². The van der Waals surface area contributed by atoms with Crippen molar-refractivity contribution in [2.24, 2.45) is 10.1 Å². The number of amidine groups is 1. The van der Waals surface area contributed by atoms with Crippen LogP contribution in [0.25, 0.3) is 0 Å². The SMILES string of the molecule is NC1=NS(=O)(=O)Nc2cccc(OCCCCCC[NH3+])c21.[Cl-]. The van der Waals surface area contributed by atoms with E-state index in [9.17, 15) is 8.42 Å². The third kappa shape index (κ3) is 4.75. The van der Waals surface area contributed by atoms with Crippen LogP contribution in [0.3, 0.4) is 0 Å². The maximum atomic E-state index is 11.5. The maximum Gasteiger partial charge on any atom is 0.344 e.